The molecule has 0 spiro atoms. The fraction of sp³-hybridized carbons (Fsp3) is 0.250. The normalized spacial score (nSPS) is 17.8. The Balaban J connectivity index is 1.59. The molecule has 0 aromatic heterocycles. The van der Waals surface area contributed by atoms with E-state index in [0.717, 1.165) is 48.0 Å². The molecule has 0 saturated heterocycles. The number of carbonyl (C=O) groups excluding carboxylic acids is 2. The predicted octanol–water partition coefficient (Wildman–Crippen LogP) is 7.47. The summed E-state index contributed by atoms with van der Waals surface area (Å²) in [5, 5.41) is 6.84. The molecule has 0 aliphatic heterocycles. The van der Waals surface area contributed by atoms with E-state index in [-0.39, 0.29) is 17.6 Å². The summed E-state index contributed by atoms with van der Waals surface area (Å²) in [4.78, 5) is 29.5. The lowest BCUT2D eigenvalue weighted by Gasteiger charge is -2.19. The Kier molecular flexibility index (Phi) is 8.62. The van der Waals surface area contributed by atoms with Gasteiger partial charge in [0.2, 0.25) is 0 Å². The first-order chi connectivity index (χ1) is 18.3. The van der Waals surface area contributed by atoms with E-state index in [1.165, 1.54) is 0 Å². The van der Waals surface area contributed by atoms with Crippen molar-refractivity contribution >= 4 is 40.5 Å². The lowest BCUT2D eigenvalue weighted by Crippen LogP contribution is -2.32. The molecule has 1 amide bonds. The van der Waals surface area contributed by atoms with Crippen molar-refractivity contribution in [3.63, 3.8) is 0 Å². The summed E-state index contributed by atoms with van der Waals surface area (Å²) >= 11 is 6.37. The summed E-state index contributed by atoms with van der Waals surface area (Å²) in [5.74, 6) is 1.98. The number of nitrogens with one attached hydrogen (secondary N) is 2. The van der Waals surface area contributed by atoms with Gasteiger partial charge in [-0.25, -0.2) is 9.79 Å². The summed E-state index contributed by atoms with van der Waals surface area (Å²) in [6.07, 6.45) is 8.43. The van der Waals surface area contributed by atoms with Gasteiger partial charge in [0.05, 0.1) is 11.4 Å². The summed E-state index contributed by atoms with van der Waals surface area (Å²) in [6.45, 7) is 9.99. The van der Waals surface area contributed by atoms with Crippen molar-refractivity contribution in [2.45, 2.75) is 52.5 Å². The fourth-order valence-electron chi connectivity index (χ4n) is 4.80. The number of nitrogens with zero attached hydrogens (tertiary/aromatic N) is 1. The van der Waals surface area contributed by atoms with Gasteiger partial charge in [-0.1, -0.05) is 60.9 Å². The maximum Gasteiger partial charge on any atom is 0.251 e. The van der Waals surface area contributed by atoms with Crippen LogP contribution in [0.1, 0.15) is 62.4 Å². The van der Waals surface area contributed by atoms with E-state index in [4.69, 9.17) is 16.6 Å². The van der Waals surface area contributed by atoms with Gasteiger partial charge in [0, 0.05) is 33.5 Å². The molecule has 1 saturated carbocycles. The van der Waals surface area contributed by atoms with Crippen molar-refractivity contribution < 1.29 is 9.59 Å². The lowest BCUT2D eigenvalue weighted by atomic mass is 9.90. The quantitative estimate of drug-likeness (QED) is 0.368. The number of rotatable bonds is 7. The zero-order chi connectivity index (χ0) is 27.2. The third-order valence-electron chi connectivity index (χ3n) is 6.86. The number of hydrogen-bond acceptors (Lipinski definition) is 4. The first-order valence-corrected chi connectivity index (χ1v) is 13.2. The van der Waals surface area contributed by atoms with E-state index in [9.17, 15) is 9.59 Å². The van der Waals surface area contributed by atoms with Crippen LogP contribution < -0.4 is 10.6 Å². The molecule has 1 fully saturated rings. The maximum absolute atomic E-state index is 12.6. The van der Waals surface area contributed by atoms with Crippen LogP contribution >= 0.6 is 11.6 Å². The first-order valence-electron chi connectivity index (χ1n) is 12.8. The van der Waals surface area contributed by atoms with Gasteiger partial charge in [0.25, 0.3) is 5.91 Å². The average Bonchev–Trinajstić information content (AvgIpc) is 3.41. The van der Waals surface area contributed by atoms with Crippen LogP contribution in [0, 0.1) is 0 Å². The van der Waals surface area contributed by atoms with Gasteiger partial charge in [-0.05, 0) is 81.2 Å². The monoisotopic (exact) mass is 525 g/mol. The van der Waals surface area contributed by atoms with Crippen molar-refractivity contribution in [3.05, 3.63) is 111 Å². The zero-order valence-corrected chi connectivity index (χ0v) is 22.8. The van der Waals surface area contributed by atoms with Gasteiger partial charge in [-0.15, -0.1) is 0 Å². The van der Waals surface area contributed by atoms with Crippen molar-refractivity contribution in [2.24, 2.45) is 4.99 Å². The third kappa shape index (κ3) is 6.31. The van der Waals surface area contributed by atoms with Gasteiger partial charge in [0.1, 0.15) is 5.70 Å². The molecule has 5 nitrogen and oxygen atoms in total. The van der Waals surface area contributed by atoms with Crippen LogP contribution in [-0.4, -0.2) is 23.6 Å². The Bertz CT molecular complexity index is 1430. The Morgan fingerprint density at radius 1 is 1.05 bits per heavy atom. The van der Waals surface area contributed by atoms with Crippen LogP contribution in [0.25, 0.3) is 5.70 Å². The Hall–Kier alpha value is -3.92. The van der Waals surface area contributed by atoms with Crippen molar-refractivity contribution in [2.75, 3.05) is 5.32 Å². The van der Waals surface area contributed by atoms with Gasteiger partial charge in [-0.3, -0.25) is 4.79 Å². The second kappa shape index (κ2) is 12.1. The van der Waals surface area contributed by atoms with Crippen LogP contribution in [-0.2, 0) is 4.79 Å². The minimum atomic E-state index is -0.0717. The number of anilines is 1. The van der Waals surface area contributed by atoms with Crippen LogP contribution in [0.4, 0.5) is 5.69 Å². The second-order valence-electron chi connectivity index (χ2n) is 9.78. The van der Waals surface area contributed by atoms with E-state index in [1.807, 2.05) is 57.1 Å². The number of allylic oxidation sites excluding steroid dienone is 6. The second-order valence-corrected chi connectivity index (χ2v) is 10.2. The summed E-state index contributed by atoms with van der Waals surface area (Å²) in [5.41, 5.74) is 7.06. The number of aliphatic imine (C=N–C) groups is 1. The number of halogens is 1. The van der Waals surface area contributed by atoms with Crippen LogP contribution in [0.3, 0.4) is 0 Å². The van der Waals surface area contributed by atoms with Crippen molar-refractivity contribution in [3.8, 4) is 0 Å². The number of hydrogen-bond donors (Lipinski definition) is 2. The first kappa shape index (κ1) is 27.1. The molecule has 2 aromatic rings. The van der Waals surface area contributed by atoms with Crippen LogP contribution in [0.2, 0.25) is 5.02 Å². The highest BCUT2D eigenvalue weighted by Gasteiger charge is 2.20. The van der Waals surface area contributed by atoms with Crippen molar-refractivity contribution in [1.29, 1.82) is 0 Å². The van der Waals surface area contributed by atoms with Gasteiger partial charge in [0.15, 0.2) is 5.94 Å². The maximum atomic E-state index is 12.6. The molecule has 0 heterocycles. The molecule has 0 bridgehead atoms. The molecule has 0 atom stereocenters. The highest BCUT2D eigenvalue weighted by molar-refractivity contribution is 6.32. The van der Waals surface area contributed by atoms with Crippen LogP contribution in [0.5, 0.6) is 0 Å². The average molecular weight is 526 g/mol. The topological polar surface area (TPSA) is 70.6 Å². The molecule has 38 heavy (non-hydrogen) atoms. The Morgan fingerprint density at radius 2 is 1.74 bits per heavy atom. The molecule has 2 aromatic carbocycles. The predicted molar refractivity (Wildman–Crippen MR) is 157 cm³/mol. The van der Waals surface area contributed by atoms with Crippen molar-refractivity contribution in [1.82, 2.24) is 5.32 Å². The molecule has 2 aliphatic carbocycles. The highest BCUT2D eigenvalue weighted by atomic mass is 35.5. The summed E-state index contributed by atoms with van der Waals surface area (Å²) < 4.78 is 0. The SMILES string of the molecule is C=C(N=C1C(C)=CC(C)=C/C1=C(/C)C(=C=O)Nc1ccc(C(=O)NC2CCCC2)cc1)c1ccccc1Cl. The van der Waals surface area contributed by atoms with E-state index >= 15 is 0 Å². The molecule has 2 aliphatic rings. The number of benzene rings is 2. The zero-order valence-electron chi connectivity index (χ0n) is 22.0. The van der Waals surface area contributed by atoms with Gasteiger partial charge in [-0.2, -0.15) is 0 Å². The molecule has 4 rings (SSSR count). The molecule has 6 heteroatoms. The molecule has 2 N–H and O–H groups in total. The minimum absolute atomic E-state index is 0.0717. The van der Waals surface area contributed by atoms with E-state index in [1.54, 1.807) is 30.3 Å². The van der Waals surface area contributed by atoms with Crippen LogP contribution in [0.15, 0.2) is 100 Å². The summed E-state index contributed by atoms with van der Waals surface area (Å²) in [6, 6.07) is 14.8. The Morgan fingerprint density at radius 3 is 2.39 bits per heavy atom. The van der Waals surface area contributed by atoms with E-state index < -0.39 is 0 Å². The minimum Gasteiger partial charge on any atom is -0.349 e. The van der Waals surface area contributed by atoms with Gasteiger partial charge < -0.3 is 10.6 Å². The largest absolute Gasteiger partial charge is 0.349 e. The third-order valence-corrected chi connectivity index (χ3v) is 7.19. The molecule has 194 valence electrons. The highest BCUT2D eigenvalue weighted by Crippen LogP contribution is 2.30. The van der Waals surface area contributed by atoms with E-state index in [0.29, 0.717) is 33.3 Å². The Labute approximate surface area is 229 Å². The number of amides is 1. The van der Waals surface area contributed by atoms with E-state index in [2.05, 4.69) is 17.2 Å². The molecule has 0 unspecified atom stereocenters. The fourth-order valence-corrected chi connectivity index (χ4v) is 5.05. The molecule has 0 radical (unpaired) electrons. The summed E-state index contributed by atoms with van der Waals surface area (Å²) in [7, 11) is 0. The molecular formula is C32H32ClN3O2. The number of carbonyl (C=O) groups is 1. The molecular weight excluding hydrogens is 494 g/mol. The smallest absolute Gasteiger partial charge is 0.251 e. The standard InChI is InChI=1S/C32H32ClN3O2/c1-20-17-21(2)31(34-23(4)27-11-7-8-12-29(27)33)28(18-20)22(3)30(19-37)35-26-15-13-24(14-16-26)32(38)36-25-9-5-6-10-25/h7-8,11-18,25,35H,4-6,9-10H2,1-3H3,(H,36,38)/b28-22+,34-31?. The lowest BCUT2D eigenvalue weighted by molar-refractivity contribution is 0.0938. The van der Waals surface area contributed by atoms with Gasteiger partial charge >= 0.3 is 0 Å².